The molecule has 0 bridgehead atoms. The van der Waals surface area contributed by atoms with Crippen LogP contribution < -0.4 is 10.6 Å². The molecule has 3 nitrogen and oxygen atoms in total. The smallest absolute Gasteiger partial charge is 0.191 e. The van der Waals surface area contributed by atoms with E-state index in [0.717, 1.165) is 25.2 Å². The third-order valence-electron chi connectivity index (χ3n) is 4.65. The van der Waals surface area contributed by atoms with E-state index < -0.39 is 11.6 Å². The van der Waals surface area contributed by atoms with Crippen LogP contribution >= 0.6 is 24.0 Å². The molecule has 0 radical (unpaired) electrons. The number of nitrogens with zero attached hydrogens (tertiary/aromatic N) is 1. The molecule has 1 aromatic rings. The van der Waals surface area contributed by atoms with Crippen molar-refractivity contribution >= 4 is 29.9 Å². The molecule has 2 fully saturated rings. The second kappa shape index (κ2) is 8.26. The minimum Gasteiger partial charge on any atom is -0.354 e. The maximum absolute atomic E-state index is 13.8. The Kier molecular flexibility index (Phi) is 6.61. The summed E-state index contributed by atoms with van der Waals surface area (Å²) in [5.74, 6) is -0.267. The molecule has 6 heteroatoms. The van der Waals surface area contributed by atoms with E-state index in [2.05, 4.69) is 15.6 Å². The van der Waals surface area contributed by atoms with Crippen LogP contribution in [0.2, 0.25) is 0 Å². The van der Waals surface area contributed by atoms with Gasteiger partial charge in [-0.1, -0.05) is 25.3 Å². The summed E-state index contributed by atoms with van der Waals surface area (Å²) in [6.45, 7) is 0. The van der Waals surface area contributed by atoms with Crippen molar-refractivity contribution in [3.63, 3.8) is 0 Å². The normalized spacial score (nSPS) is 24.7. The first-order valence-corrected chi connectivity index (χ1v) is 8.13. The molecule has 128 valence electrons. The van der Waals surface area contributed by atoms with Crippen molar-refractivity contribution in [1.82, 2.24) is 10.6 Å². The number of hydrogen-bond acceptors (Lipinski definition) is 1. The van der Waals surface area contributed by atoms with Crippen LogP contribution in [-0.2, 0) is 0 Å². The predicted molar refractivity (Wildman–Crippen MR) is 99.4 cm³/mol. The van der Waals surface area contributed by atoms with Gasteiger partial charge in [0.1, 0.15) is 11.6 Å². The van der Waals surface area contributed by atoms with Gasteiger partial charge in [0.25, 0.3) is 0 Å². The van der Waals surface area contributed by atoms with Crippen molar-refractivity contribution in [2.45, 2.75) is 56.5 Å². The lowest BCUT2D eigenvalue weighted by atomic mass is 9.96. The molecule has 0 heterocycles. The topological polar surface area (TPSA) is 36.4 Å². The zero-order chi connectivity index (χ0) is 15.5. The fraction of sp³-hybridized carbons (Fsp3) is 0.588. The molecule has 0 amide bonds. The zero-order valence-corrected chi connectivity index (χ0v) is 15.6. The van der Waals surface area contributed by atoms with Gasteiger partial charge in [0.2, 0.25) is 0 Å². The molecular weight excluding hydrogens is 411 g/mol. The third-order valence-corrected chi connectivity index (χ3v) is 4.65. The first kappa shape index (κ1) is 18.4. The molecule has 2 aliphatic rings. The summed E-state index contributed by atoms with van der Waals surface area (Å²) in [6, 6.07) is 4.57. The Morgan fingerprint density at radius 1 is 1.09 bits per heavy atom. The number of hydrogen-bond donors (Lipinski definition) is 2. The summed E-state index contributed by atoms with van der Waals surface area (Å²) in [5.41, 5.74) is 0.202. The van der Waals surface area contributed by atoms with Gasteiger partial charge in [0, 0.05) is 30.6 Å². The van der Waals surface area contributed by atoms with E-state index in [1.54, 1.807) is 7.05 Å². The Morgan fingerprint density at radius 2 is 1.74 bits per heavy atom. The number of benzene rings is 1. The van der Waals surface area contributed by atoms with Gasteiger partial charge in [-0.05, 0) is 31.4 Å². The van der Waals surface area contributed by atoms with Crippen molar-refractivity contribution in [2.24, 2.45) is 4.99 Å². The monoisotopic (exact) mass is 435 g/mol. The molecule has 1 aromatic carbocycles. The van der Waals surface area contributed by atoms with Gasteiger partial charge >= 0.3 is 0 Å². The van der Waals surface area contributed by atoms with Crippen molar-refractivity contribution in [1.29, 1.82) is 0 Å². The van der Waals surface area contributed by atoms with E-state index in [0.29, 0.717) is 6.04 Å². The maximum Gasteiger partial charge on any atom is 0.191 e. The predicted octanol–water partition coefficient (Wildman–Crippen LogP) is 3.94. The fourth-order valence-electron chi connectivity index (χ4n) is 3.33. The first-order chi connectivity index (χ1) is 10.7. The molecule has 2 saturated carbocycles. The SMILES string of the molecule is CN=C(NC1CCCCC1)NC1CC1c1c(F)cccc1F.I. The average molecular weight is 435 g/mol. The molecule has 0 saturated heterocycles. The van der Waals surface area contributed by atoms with Gasteiger partial charge < -0.3 is 10.6 Å². The molecule has 3 rings (SSSR count). The summed E-state index contributed by atoms with van der Waals surface area (Å²) >= 11 is 0. The fourth-order valence-corrected chi connectivity index (χ4v) is 3.33. The van der Waals surface area contributed by atoms with Gasteiger partial charge in [-0.3, -0.25) is 4.99 Å². The Bertz CT molecular complexity index is 539. The van der Waals surface area contributed by atoms with Crippen molar-refractivity contribution in [2.75, 3.05) is 7.05 Å². The number of nitrogens with one attached hydrogen (secondary N) is 2. The summed E-state index contributed by atoms with van der Waals surface area (Å²) in [5, 5.41) is 6.73. The first-order valence-electron chi connectivity index (χ1n) is 8.13. The van der Waals surface area contributed by atoms with E-state index in [-0.39, 0.29) is 41.5 Å². The second-order valence-corrected chi connectivity index (χ2v) is 6.28. The highest BCUT2D eigenvalue weighted by Gasteiger charge is 2.42. The van der Waals surface area contributed by atoms with Crippen LogP contribution in [0.5, 0.6) is 0 Å². The van der Waals surface area contributed by atoms with Crippen molar-refractivity contribution < 1.29 is 8.78 Å². The molecule has 0 aromatic heterocycles. The Balaban J connectivity index is 0.00000192. The van der Waals surface area contributed by atoms with Crippen LogP contribution in [-0.4, -0.2) is 25.1 Å². The summed E-state index contributed by atoms with van der Waals surface area (Å²) < 4.78 is 27.6. The largest absolute Gasteiger partial charge is 0.354 e. The van der Waals surface area contributed by atoms with Gasteiger partial charge in [0.15, 0.2) is 5.96 Å². The van der Waals surface area contributed by atoms with Gasteiger partial charge in [0.05, 0.1) is 0 Å². The molecule has 0 aliphatic heterocycles. The lowest BCUT2D eigenvalue weighted by Gasteiger charge is -2.25. The van der Waals surface area contributed by atoms with Gasteiger partial charge in [-0.15, -0.1) is 24.0 Å². The molecule has 0 spiro atoms. The van der Waals surface area contributed by atoms with Crippen LogP contribution in [0.15, 0.2) is 23.2 Å². The second-order valence-electron chi connectivity index (χ2n) is 6.28. The number of rotatable bonds is 3. The number of halogens is 3. The summed E-state index contributed by atoms with van der Waals surface area (Å²) in [6.07, 6.45) is 6.88. The standard InChI is InChI=1S/C17H23F2N3.HI/c1-20-17(21-11-6-3-2-4-7-11)22-15-10-12(15)16-13(18)8-5-9-14(16)19;/h5,8-9,11-12,15H,2-4,6-7,10H2,1H3,(H2,20,21,22);1H. The average Bonchev–Trinajstić information content (AvgIpc) is 3.26. The highest BCUT2D eigenvalue weighted by molar-refractivity contribution is 14.0. The van der Waals surface area contributed by atoms with Gasteiger partial charge in [-0.25, -0.2) is 8.78 Å². The lowest BCUT2D eigenvalue weighted by Crippen LogP contribution is -2.45. The highest BCUT2D eigenvalue weighted by atomic mass is 127. The highest BCUT2D eigenvalue weighted by Crippen LogP contribution is 2.43. The molecular formula is C17H24F2IN3. The molecule has 2 atom stereocenters. The van der Waals surface area contributed by atoms with Crippen LogP contribution in [0.3, 0.4) is 0 Å². The van der Waals surface area contributed by atoms with E-state index >= 15 is 0 Å². The zero-order valence-electron chi connectivity index (χ0n) is 13.3. The Hall–Kier alpha value is -0.920. The Morgan fingerprint density at radius 3 is 2.35 bits per heavy atom. The minimum atomic E-state index is -0.454. The quantitative estimate of drug-likeness (QED) is 0.429. The van der Waals surface area contributed by atoms with Crippen LogP contribution in [0.1, 0.15) is 50.0 Å². The lowest BCUT2D eigenvalue weighted by molar-refractivity contribution is 0.410. The van der Waals surface area contributed by atoms with Crippen LogP contribution in [0.25, 0.3) is 0 Å². The number of aliphatic imine (C=N–C) groups is 1. The molecule has 23 heavy (non-hydrogen) atoms. The Labute approximate surface area is 153 Å². The van der Waals surface area contributed by atoms with E-state index in [9.17, 15) is 8.78 Å². The van der Waals surface area contributed by atoms with Crippen molar-refractivity contribution in [3.8, 4) is 0 Å². The summed E-state index contributed by atoms with van der Waals surface area (Å²) in [4.78, 5) is 4.24. The van der Waals surface area contributed by atoms with E-state index in [1.807, 2.05) is 0 Å². The van der Waals surface area contributed by atoms with Crippen molar-refractivity contribution in [3.05, 3.63) is 35.4 Å². The van der Waals surface area contributed by atoms with E-state index in [1.165, 1.54) is 37.5 Å². The maximum atomic E-state index is 13.8. The van der Waals surface area contributed by atoms with Crippen LogP contribution in [0.4, 0.5) is 8.78 Å². The number of guanidine groups is 1. The molecule has 2 N–H and O–H groups in total. The third kappa shape index (κ3) is 4.55. The van der Waals surface area contributed by atoms with Gasteiger partial charge in [-0.2, -0.15) is 0 Å². The van der Waals surface area contributed by atoms with Crippen LogP contribution in [0, 0.1) is 11.6 Å². The van der Waals surface area contributed by atoms with E-state index in [4.69, 9.17) is 0 Å². The molecule has 2 aliphatic carbocycles. The minimum absolute atomic E-state index is 0. The summed E-state index contributed by atoms with van der Waals surface area (Å²) in [7, 11) is 1.74. The molecule has 2 unspecified atom stereocenters.